The molecular formula is C9H10BrN5OS. The molecule has 0 unspecified atom stereocenters. The average Bonchev–Trinajstić information content (AvgIpc) is 2.69. The van der Waals surface area contributed by atoms with Crippen molar-refractivity contribution in [2.75, 3.05) is 11.9 Å². The van der Waals surface area contributed by atoms with Crippen LogP contribution in [0.25, 0.3) is 0 Å². The zero-order valence-electron chi connectivity index (χ0n) is 9.27. The van der Waals surface area contributed by atoms with Gasteiger partial charge in [-0.3, -0.25) is 0 Å². The monoisotopic (exact) mass is 315 g/mol. The van der Waals surface area contributed by atoms with Gasteiger partial charge in [0.2, 0.25) is 11.8 Å². The lowest BCUT2D eigenvalue weighted by Crippen LogP contribution is -2.02. The van der Waals surface area contributed by atoms with E-state index < -0.39 is 0 Å². The summed E-state index contributed by atoms with van der Waals surface area (Å²) in [7, 11) is 0. The zero-order chi connectivity index (χ0) is 12.3. The van der Waals surface area contributed by atoms with Crippen LogP contribution in [0.3, 0.4) is 0 Å². The van der Waals surface area contributed by atoms with E-state index in [4.69, 9.17) is 4.42 Å². The summed E-state index contributed by atoms with van der Waals surface area (Å²) in [5, 5.41) is 11.9. The Balaban J connectivity index is 2.22. The molecule has 0 bridgehead atoms. The van der Waals surface area contributed by atoms with E-state index in [-0.39, 0.29) is 0 Å². The first-order valence-corrected chi connectivity index (χ1v) is 6.54. The van der Waals surface area contributed by atoms with E-state index in [2.05, 4.69) is 41.4 Å². The van der Waals surface area contributed by atoms with Crippen molar-refractivity contribution >= 4 is 33.6 Å². The fourth-order valence-corrected chi connectivity index (χ4v) is 2.19. The maximum absolute atomic E-state index is 5.28. The van der Waals surface area contributed by atoms with Crippen molar-refractivity contribution in [2.24, 2.45) is 0 Å². The molecule has 8 heteroatoms. The predicted octanol–water partition coefficient (Wildman–Crippen LogP) is 2.51. The third-order valence-corrected chi connectivity index (χ3v) is 3.43. The highest BCUT2D eigenvalue weighted by Crippen LogP contribution is 2.31. The van der Waals surface area contributed by atoms with Gasteiger partial charge in [0.25, 0.3) is 5.22 Å². The molecule has 0 atom stereocenters. The highest BCUT2D eigenvalue weighted by Gasteiger charge is 2.11. The van der Waals surface area contributed by atoms with Crippen LogP contribution in [0, 0.1) is 6.92 Å². The van der Waals surface area contributed by atoms with Gasteiger partial charge in [0, 0.05) is 19.7 Å². The number of nitrogens with one attached hydrogen (secondary N) is 1. The molecule has 0 aliphatic heterocycles. The van der Waals surface area contributed by atoms with E-state index in [0.29, 0.717) is 17.1 Å². The fourth-order valence-electron chi connectivity index (χ4n) is 1.07. The van der Waals surface area contributed by atoms with Gasteiger partial charge in [-0.1, -0.05) is 0 Å². The van der Waals surface area contributed by atoms with Crippen LogP contribution in [0.4, 0.5) is 5.95 Å². The predicted molar refractivity (Wildman–Crippen MR) is 67.1 cm³/mol. The zero-order valence-corrected chi connectivity index (χ0v) is 11.7. The largest absolute Gasteiger partial charge is 0.416 e. The third-order valence-electron chi connectivity index (χ3n) is 1.74. The summed E-state index contributed by atoms with van der Waals surface area (Å²) in [5.74, 6) is 1.11. The van der Waals surface area contributed by atoms with Gasteiger partial charge in [-0.05, 0) is 34.6 Å². The summed E-state index contributed by atoms with van der Waals surface area (Å²) >= 11 is 4.68. The van der Waals surface area contributed by atoms with Crippen molar-refractivity contribution in [2.45, 2.75) is 24.1 Å². The van der Waals surface area contributed by atoms with Gasteiger partial charge >= 0.3 is 0 Å². The molecular weight excluding hydrogens is 306 g/mol. The minimum atomic E-state index is 0.462. The van der Waals surface area contributed by atoms with Gasteiger partial charge in [0.05, 0.1) is 4.47 Å². The second-order valence-electron chi connectivity index (χ2n) is 3.07. The summed E-state index contributed by atoms with van der Waals surface area (Å²) in [5.41, 5.74) is 0. The average molecular weight is 316 g/mol. The van der Waals surface area contributed by atoms with Crippen molar-refractivity contribution in [3.8, 4) is 0 Å². The molecule has 0 saturated carbocycles. The smallest absolute Gasteiger partial charge is 0.282 e. The lowest BCUT2D eigenvalue weighted by atomic mass is 10.6. The van der Waals surface area contributed by atoms with Crippen LogP contribution in [0.1, 0.15) is 12.8 Å². The quantitative estimate of drug-likeness (QED) is 0.868. The van der Waals surface area contributed by atoms with Gasteiger partial charge in [-0.25, -0.2) is 9.97 Å². The first-order chi connectivity index (χ1) is 8.19. The van der Waals surface area contributed by atoms with Crippen molar-refractivity contribution in [1.29, 1.82) is 0 Å². The maximum atomic E-state index is 5.28. The highest BCUT2D eigenvalue weighted by atomic mass is 79.9. The Kier molecular flexibility index (Phi) is 3.95. The fraction of sp³-hybridized carbons (Fsp3) is 0.333. The van der Waals surface area contributed by atoms with Gasteiger partial charge < -0.3 is 9.73 Å². The van der Waals surface area contributed by atoms with E-state index in [1.165, 1.54) is 11.8 Å². The SMILES string of the molecule is CCNc1ncc(Br)c(Sc2nnc(C)o2)n1. The van der Waals surface area contributed by atoms with Crippen LogP contribution in [0.15, 0.2) is 25.3 Å². The molecule has 0 fully saturated rings. The maximum Gasteiger partial charge on any atom is 0.282 e. The lowest BCUT2D eigenvalue weighted by Gasteiger charge is -2.04. The molecule has 2 aromatic heterocycles. The Morgan fingerprint density at radius 2 is 2.29 bits per heavy atom. The Morgan fingerprint density at radius 1 is 1.47 bits per heavy atom. The molecule has 90 valence electrons. The molecule has 6 nitrogen and oxygen atoms in total. The minimum absolute atomic E-state index is 0.462. The van der Waals surface area contributed by atoms with E-state index in [1.807, 2.05) is 6.92 Å². The molecule has 1 N–H and O–H groups in total. The van der Waals surface area contributed by atoms with Crippen LogP contribution in [-0.2, 0) is 0 Å². The summed E-state index contributed by atoms with van der Waals surface area (Å²) in [6, 6.07) is 0. The molecule has 0 aliphatic carbocycles. The van der Waals surface area contributed by atoms with Crippen molar-refractivity contribution in [3.05, 3.63) is 16.6 Å². The summed E-state index contributed by atoms with van der Waals surface area (Å²) in [6.45, 7) is 4.50. The number of halogens is 1. The van der Waals surface area contributed by atoms with Crippen LogP contribution in [0.2, 0.25) is 0 Å². The van der Waals surface area contributed by atoms with Crippen molar-refractivity contribution in [1.82, 2.24) is 20.2 Å². The van der Waals surface area contributed by atoms with Crippen LogP contribution in [0.5, 0.6) is 0 Å². The number of anilines is 1. The Hall–Kier alpha value is -1.15. The first kappa shape index (κ1) is 12.3. The molecule has 0 amide bonds. The molecule has 0 saturated heterocycles. The molecule has 0 aromatic carbocycles. The van der Waals surface area contributed by atoms with Gasteiger partial charge in [0.15, 0.2) is 0 Å². The van der Waals surface area contributed by atoms with Gasteiger partial charge in [-0.15, -0.1) is 10.2 Å². The third kappa shape index (κ3) is 3.16. The van der Waals surface area contributed by atoms with E-state index in [1.54, 1.807) is 13.1 Å². The Morgan fingerprint density at radius 3 is 2.94 bits per heavy atom. The van der Waals surface area contributed by atoms with Gasteiger partial charge in [-0.2, -0.15) is 0 Å². The second kappa shape index (κ2) is 5.46. The minimum Gasteiger partial charge on any atom is -0.416 e. The van der Waals surface area contributed by atoms with Crippen molar-refractivity contribution in [3.63, 3.8) is 0 Å². The molecule has 17 heavy (non-hydrogen) atoms. The van der Waals surface area contributed by atoms with E-state index in [9.17, 15) is 0 Å². The summed E-state index contributed by atoms with van der Waals surface area (Å²) < 4.78 is 6.07. The molecule has 2 rings (SSSR count). The van der Waals surface area contributed by atoms with Crippen molar-refractivity contribution < 1.29 is 4.42 Å². The van der Waals surface area contributed by atoms with Crippen LogP contribution in [-0.4, -0.2) is 26.7 Å². The molecule has 2 aromatic rings. The Bertz CT molecular complexity index is 518. The standard InChI is InChI=1S/C9H10BrN5OS/c1-3-11-8-12-4-6(10)7(13-8)17-9-15-14-5(2)16-9/h4H,3H2,1-2H3,(H,11,12,13). The molecule has 0 aliphatic rings. The van der Waals surface area contributed by atoms with Crippen LogP contribution >= 0.6 is 27.7 Å². The first-order valence-electron chi connectivity index (χ1n) is 4.93. The second-order valence-corrected chi connectivity index (χ2v) is 4.86. The molecule has 0 spiro atoms. The number of aryl methyl sites for hydroxylation is 1. The number of hydrogen-bond donors (Lipinski definition) is 1. The lowest BCUT2D eigenvalue weighted by molar-refractivity contribution is 0.429. The summed E-state index contributed by atoms with van der Waals surface area (Å²) in [4.78, 5) is 8.46. The number of rotatable bonds is 4. The van der Waals surface area contributed by atoms with Gasteiger partial charge in [0.1, 0.15) is 5.03 Å². The normalized spacial score (nSPS) is 10.5. The van der Waals surface area contributed by atoms with E-state index >= 15 is 0 Å². The number of aromatic nitrogens is 4. The highest BCUT2D eigenvalue weighted by molar-refractivity contribution is 9.10. The topological polar surface area (TPSA) is 76.7 Å². The van der Waals surface area contributed by atoms with E-state index in [0.717, 1.165) is 16.0 Å². The summed E-state index contributed by atoms with van der Waals surface area (Å²) in [6.07, 6.45) is 1.69. The number of nitrogens with zero attached hydrogens (tertiary/aromatic N) is 4. The molecule has 2 heterocycles. The Labute approximate surface area is 111 Å². The molecule has 0 radical (unpaired) electrons. The number of hydrogen-bond acceptors (Lipinski definition) is 7. The van der Waals surface area contributed by atoms with Crippen LogP contribution < -0.4 is 5.32 Å².